The van der Waals surface area contributed by atoms with E-state index < -0.39 is 5.91 Å². The molecular formula is C14H11N3O3. The van der Waals surface area contributed by atoms with E-state index in [-0.39, 0.29) is 17.1 Å². The van der Waals surface area contributed by atoms with Crippen molar-refractivity contribution in [1.29, 1.82) is 0 Å². The number of amides is 1. The Morgan fingerprint density at radius 2 is 1.95 bits per heavy atom. The van der Waals surface area contributed by atoms with Crippen LogP contribution in [0.1, 0.15) is 10.4 Å². The second-order valence-electron chi connectivity index (χ2n) is 4.26. The van der Waals surface area contributed by atoms with Gasteiger partial charge in [0.25, 0.3) is 5.91 Å². The van der Waals surface area contributed by atoms with Gasteiger partial charge in [-0.25, -0.2) is 4.98 Å². The average molecular weight is 269 g/mol. The van der Waals surface area contributed by atoms with Gasteiger partial charge in [-0.2, -0.15) is 0 Å². The topological polar surface area (TPSA) is 98.2 Å². The van der Waals surface area contributed by atoms with Crippen LogP contribution in [0, 0.1) is 0 Å². The van der Waals surface area contributed by atoms with Crippen molar-refractivity contribution in [2.24, 2.45) is 0 Å². The normalized spacial score (nSPS) is 10.6. The van der Waals surface area contributed by atoms with Gasteiger partial charge in [-0.05, 0) is 24.3 Å². The summed E-state index contributed by atoms with van der Waals surface area (Å²) in [5.74, 6) is -0.619. The van der Waals surface area contributed by atoms with Crippen LogP contribution in [0.4, 0.5) is 5.95 Å². The summed E-state index contributed by atoms with van der Waals surface area (Å²) in [4.78, 5) is 19.2. The van der Waals surface area contributed by atoms with Gasteiger partial charge in [-0.15, -0.1) is 0 Å². The third kappa shape index (κ3) is 2.14. The Morgan fingerprint density at radius 3 is 2.70 bits per heavy atom. The van der Waals surface area contributed by atoms with Crippen molar-refractivity contribution >= 4 is 22.9 Å². The van der Waals surface area contributed by atoms with Crippen LogP contribution in [-0.2, 0) is 0 Å². The summed E-state index contributed by atoms with van der Waals surface area (Å²) in [5, 5.41) is 21.4. The van der Waals surface area contributed by atoms with Gasteiger partial charge in [0.15, 0.2) is 0 Å². The van der Waals surface area contributed by atoms with Gasteiger partial charge in [-0.1, -0.05) is 12.1 Å². The smallest absolute Gasteiger partial charge is 0.261 e. The number of carbonyl (C=O) groups excluding carboxylic acids is 1. The van der Waals surface area contributed by atoms with Gasteiger partial charge >= 0.3 is 0 Å². The van der Waals surface area contributed by atoms with Crippen LogP contribution in [0.15, 0.2) is 42.5 Å². The molecule has 0 aliphatic carbocycles. The molecule has 0 aliphatic rings. The van der Waals surface area contributed by atoms with E-state index in [4.69, 9.17) is 0 Å². The molecule has 3 aromatic rings. The van der Waals surface area contributed by atoms with Crippen molar-refractivity contribution in [3.05, 3.63) is 48.0 Å². The maximum absolute atomic E-state index is 12.0. The number of para-hydroxylation sites is 2. The molecular weight excluding hydrogens is 258 g/mol. The first kappa shape index (κ1) is 12.0. The van der Waals surface area contributed by atoms with Crippen LogP contribution in [0.5, 0.6) is 11.5 Å². The number of imidazole rings is 1. The zero-order chi connectivity index (χ0) is 14.1. The highest BCUT2D eigenvalue weighted by atomic mass is 16.3. The highest BCUT2D eigenvalue weighted by Gasteiger charge is 2.13. The summed E-state index contributed by atoms with van der Waals surface area (Å²) in [5.41, 5.74) is 1.60. The van der Waals surface area contributed by atoms with E-state index in [9.17, 15) is 15.0 Å². The number of aromatic nitrogens is 2. The Morgan fingerprint density at radius 1 is 1.15 bits per heavy atom. The first-order chi connectivity index (χ1) is 9.63. The number of nitrogens with zero attached hydrogens (tertiary/aromatic N) is 1. The average Bonchev–Trinajstić information content (AvgIpc) is 2.80. The van der Waals surface area contributed by atoms with Gasteiger partial charge < -0.3 is 15.2 Å². The van der Waals surface area contributed by atoms with Crippen LogP contribution in [-0.4, -0.2) is 26.1 Å². The molecule has 6 heteroatoms. The molecule has 100 valence electrons. The molecule has 20 heavy (non-hydrogen) atoms. The van der Waals surface area contributed by atoms with Gasteiger partial charge in [0.2, 0.25) is 5.95 Å². The quantitative estimate of drug-likeness (QED) is 0.573. The summed E-state index contributed by atoms with van der Waals surface area (Å²) in [6, 6.07) is 11.1. The molecule has 4 N–H and O–H groups in total. The first-order valence-electron chi connectivity index (χ1n) is 5.91. The largest absolute Gasteiger partial charge is 0.508 e. The predicted octanol–water partition coefficient (Wildman–Crippen LogP) is 2.23. The molecule has 1 heterocycles. The number of rotatable bonds is 2. The van der Waals surface area contributed by atoms with Crippen molar-refractivity contribution < 1.29 is 15.0 Å². The van der Waals surface area contributed by atoms with Crippen LogP contribution in [0.2, 0.25) is 0 Å². The lowest BCUT2D eigenvalue weighted by Crippen LogP contribution is -2.13. The van der Waals surface area contributed by atoms with Crippen molar-refractivity contribution in [3.8, 4) is 11.5 Å². The molecule has 0 bridgehead atoms. The Balaban J connectivity index is 1.88. The molecule has 0 saturated heterocycles. The zero-order valence-corrected chi connectivity index (χ0v) is 10.3. The highest BCUT2D eigenvalue weighted by Crippen LogP contribution is 2.23. The zero-order valence-electron chi connectivity index (χ0n) is 10.3. The fourth-order valence-electron chi connectivity index (χ4n) is 1.90. The van der Waals surface area contributed by atoms with Crippen molar-refractivity contribution in [2.45, 2.75) is 0 Å². The Hall–Kier alpha value is -3.02. The molecule has 0 aliphatic heterocycles. The molecule has 0 atom stereocenters. The molecule has 1 aromatic heterocycles. The monoisotopic (exact) mass is 269 g/mol. The standard InChI is InChI=1S/C14H11N3O3/c18-8-5-6-9(12(19)7-8)13(20)17-14-15-10-3-1-2-4-11(10)16-14/h1-7,18-19H,(H2,15,16,17,20). The molecule has 0 unspecified atom stereocenters. The van der Waals surface area contributed by atoms with Crippen molar-refractivity contribution in [1.82, 2.24) is 9.97 Å². The lowest BCUT2D eigenvalue weighted by molar-refractivity contribution is 0.102. The summed E-state index contributed by atoms with van der Waals surface area (Å²) < 4.78 is 0. The molecule has 6 nitrogen and oxygen atoms in total. The Labute approximate surface area is 113 Å². The van der Waals surface area contributed by atoms with E-state index in [0.717, 1.165) is 17.1 Å². The van der Waals surface area contributed by atoms with Crippen LogP contribution in [0.25, 0.3) is 11.0 Å². The minimum absolute atomic E-state index is 0.0586. The molecule has 0 spiro atoms. The van der Waals surface area contributed by atoms with Gasteiger partial charge in [-0.3, -0.25) is 10.1 Å². The van der Waals surface area contributed by atoms with Crippen LogP contribution in [0.3, 0.4) is 0 Å². The third-order valence-electron chi connectivity index (χ3n) is 2.85. The number of fused-ring (bicyclic) bond motifs is 1. The number of nitrogens with one attached hydrogen (secondary N) is 2. The third-order valence-corrected chi connectivity index (χ3v) is 2.85. The van der Waals surface area contributed by atoms with Crippen molar-refractivity contribution in [3.63, 3.8) is 0 Å². The summed E-state index contributed by atoms with van der Waals surface area (Å²) in [6.45, 7) is 0. The number of hydrogen-bond donors (Lipinski definition) is 4. The maximum Gasteiger partial charge on any atom is 0.261 e. The summed E-state index contributed by atoms with van der Waals surface area (Å²) in [6.07, 6.45) is 0. The van der Waals surface area contributed by atoms with E-state index in [1.54, 1.807) is 0 Å². The molecule has 0 saturated carbocycles. The Kier molecular flexibility index (Phi) is 2.76. The molecule has 2 aromatic carbocycles. The van der Waals surface area contributed by atoms with Gasteiger partial charge in [0, 0.05) is 6.07 Å². The van der Waals surface area contributed by atoms with E-state index in [2.05, 4.69) is 15.3 Å². The van der Waals surface area contributed by atoms with Gasteiger partial charge in [0.05, 0.1) is 16.6 Å². The summed E-state index contributed by atoms with van der Waals surface area (Å²) >= 11 is 0. The molecule has 1 amide bonds. The lowest BCUT2D eigenvalue weighted by Gasteiger charge is -2.04. The number of H-pyrrole nitrogens is 1. The fourth-order valence-corrected chi connectivity index (χ4v) is 1.90. The predicted molar refractivity (Wildman–Crippen MR) is 73.8 cm³/mol. The second-order valence-corrected chi connectivity index (χ2v) is 4.26. The first-order valence-corrected chi connectivity index (χ1v) is 5.91. The van der Waals surface area contributed by atoms with Crippen LogP contribution >= 0.6 is 0 Å². The number of carbonyl (C=O) groups is 1. The van der Waals surface area contributed by atoms with E-state index in [1.807, 2.05) is 24.3 Å². The van der Waals surface area contributed by atoms with Crippen LogP contribution < -0.4 is 5.32 Å². The minimum atomic E-state index is -0.512. The maximum atomic E-state index is 12.0. The van der Waals surface area contributed by atoms with E-state index >= 15 is 0 Å². The number of phenolic OH excluding ortho intramolecular Hbond substituents is 2. The number of aromatic hydroxyl groups is 2. The number of phenols is 2. The fraction of sp³-hybridized carbons (Fsp3) is 0. The summed E-state index contributed by atoms with van der Waals surface area (Å²) in [7, 11) is 0. The Bertz CT molecular complexity index is 762. The minimum Gasteiger partial charge on any atom is -0.508 e. The molecule has 0 fully saturated rings. The second kappa shape index (κ2) is 4.58. The number of benzene rings is 2. The number of aromatic amines is 1. The number of anilines is 1. The SMILES string of the molecule is O=C(Nc1nc2ccccc2[nH]1)c1ccc(O)cc1O. The lowest BCUT2D eigenvalue weighted by atomic mass is 10.2. The van der Waals surface area contributed by atoms with E-state index in [0.29, 0.717) is 5.95 Å². The highest BCUT2D eigenvalue weighted by molar-refractivity contribution is 6.05. The van der Waals surface area contributed by atoms with Crippen molar-refractivity contribution in [2.75, 3.05) is 5.32 Å². The number of hydrogen-bond acceptors (Lipinski definition) is 4. The molecule has 0 radical (unpaired) electrons. The van der Waals surface area contributed by atoms with Gasteiger partial charge in [0.1, 0.15) is 11.5 Å². The molecule has 3 rings (SSSR count). The van der Waals surface area contributed by atoms with E-state index in [1.165, 1.54) is 12.1 Å².